The third-order valence-electron chi connectivity index (χ3n) is 4.80. The van der Waals surface area contributed by atoms with E-state index in [1.807, 2.05) is 50.2 Å². The Morgan fingerprint density at radius 1 is 1.11 bits per heavy atom. The summed E-state index contributed by atoms with van der Waals surface area (Å²) in [4.78, 5) is 26.4. The maximum absolute atomic E-state index is 12.5. The average Bonchev–Trinajstić information content (AvgIpc) is 2.69. The highest BCUT2D eigenvalue weighted by Crippen LogP contribution is 2.22. The van der Waals surface area contributed by atoms with E-state index in [-0.39, 0.29) is 17.9 Å². The van der Waals surface area contributed by atoms with Gasteiger partial charge in [-0.2, -0.15) is 0 Å². The van der Waals surface area contributed by atoms with E-state index in [9.17, 15) is 9.59 Å². The number of anilines is 1. The second kappa shape index (κ2) is 8.71. The van der Waals surface area contributed by atoms with E-state index in [2.05, 4.69) is 5.32 Å². The van der Waals surface area contributed by atoms with Crippen molar-refractivity contribution in [3.63, 3.8) is 0 Å². The van der Waals surface area contributed by atoms with E-state index < -0.39 is 0 Å². The molecule has 1 unspecified atom stereocenters. The molecule has 5 heteroatoms. The van der Waals surface area contributed by atoms with E-state index in [0.717, 1.165) is 36.4 Å². The molecule has 2 aromatic carbocycles. The molecule has 0 aliphatic carbocycles. The van der Waals surface area contributed by atoms with Gasteiger partial charge in [0.05, 0.1) is 12.6 Å². The predicted molar refractivity (Wildman–Crippen MR) is 106 cm³/mol. The smallest absolute Gasteiger partial charge is 0.251 e. The number of carbonyl (C=O) groups excluding carboxylic acids is 2. The molecular weight excluding hydrogens is 340 g/mol. The quantitative estimate of drug-likeness (QED) is 0.838. The zero-order valence-electron chi connectivity index (χ0n) is 15.9. The molecular formula is C22H26N2O3. The zero-order chi connectivity index (χ0) is 19.2. The van der Waals surface area contributed by atoms with Gasteiger partial charge in [-0.15, -0.1) is 0 Å². The SMILES string of the molecule is CCOc1ccc(C(C)NC(=O)c2ccc(N3CCCCC3=O)cc2)cc1. The molecule has 0 bridgehead atoms. The first-order valence-corrected chi connectivity index (χ1v) is 9.52. The van der Waals surface area contributed by atoms with Crippen molar-refractivity contribution in [1.82, 2.24) is 5.32 Å². The van der Waals surface area contributed by atoms with Crippen LogP contribution in [0.15, 0.2) is 48.5 Å². The Balaban J connectivity index is 1.62. The number of ether oxygens (including phenoxy) is 1. The maximum atomic E-state index is 12.5. The highest BCUT2D eigenvalue weighted by molar-refractivity contribution is 5.97. The first-order valence-electron chi connectivity index (χ1n) is 9.52. The van der Waals surface area contributed by atoms with Crippen molar-refractivity contribution in [2.24, 2.45) is 0 Å². The molecule has 1 aliphatic heterocycles. The number of amides is 2. The Morgan fingerprint density at radius 3 is 2.44 bits per heavy atom. The molecule has 0 spiro atoms. The third kappa shape index (κ3) is 4.67. The molecule has 1 saturated heterocycles. The number of nitrogens with one attached hydrogen (secondary N) is 1. The summed E-state index contributed by atoms with van der Waals surface area (Å²) in [7, 11) is 0. The molecule has 142 valence electrons. The van der Waals surface area contributed by atoms with Crippen LogP contribution in [0.25, 0.3) is 0 Å². The standard InChI is InChI=1S/C22H26N2O3/c1-3-27-20-13-9-17(10-14-20)16(2)23-22(26)18-7-11-19(12-8-18)24-15-5-4-6-21(24)25/h7-14,16H,3-6,15H2,1-2H3,(H,23,26). The van der Waals surface area contributed by atoms with Gasteiger partial charge in [-0.05, 0) is 68.7 Å². The molecule has 1 N–H and O–H groups in total. The summed E-state index contributed by atoms with van der Waals surface area (Å²) in [5.74, 6) is 0.845. The number of piperidine rings is 1. The van der Waals surface area contributed by atoms with Crippen molar-refractivity contribution < 1.29 is 14.3 Å². The minimum atomic E-state index is -0.132. The summed E-state index contributed by atoms with van der Waals surface area (Å²) in [5, 5.41) is 3.01. The highest BCUT2D eigenvalue weighted by Gasteiger charge is 2.20. The summed E-state index contributed by atoms with van der Waals surface area (Å²) in [6.07, 6.45) is 2.58. The number of nitrogens with zero attached hydrogens (tertiary/aromatic N) is 1. The Labute approximate surface area is 160 Å². The minimum Gasteiger partial charge on any atom is -0.494 e. The van der Waals surface area contributed by atoms with Crippen LogP contribution in [0.2, 0.25) is 0 Å². The summed E-state index contributed by atoms with van der Waals surface area (Å²) in [5.41, 5.74) is 2.46. The van der Waals surface area contributed by atoms with E-state index in [1.54, 1.807) is 17.0 Å². The predicted octanol–water partition coefficient (Wildman–Crippen LogP) is 4.09. The van der Waals surface area contributed by atoms with Crippen molar-refractivity contribution in [1.29, 1.82) is 0 Å². The molecule has 2 aromatic rings. The van der Waals surface area contributed by atoms with E-state index in [1.165, 1.54) is 0 Å². The fraction of sp³-hybridized carbons (Fsp3) is 0.364. The lowest BCUT2D eigenvalue weighted by Gasteiger charge is -2.26. The van der Waals surface area contributed by atoms with Gasteiger partial charge in [0.2, 0.25) is 5.91 Å². The van der Waals surface area contributed by atoms with Crippen LogP contribution in [0, 0.1) is 0 Å². The normalized spacial score (nSPS) is 15.3. The van der Waals surface area contributed by atoms with Crippen LogP contribution in [0.5, 0.6) is 5.75 Å². The monoisotopic (exact) mass is 366 g/mol. The van der Waals surface area contributed by atoms with Gasteiger partial charge < -0.3 is 15.0 Å². The van der Waals surface area contributed by atoms with Gasteiger partial charge in [0.25, 0.3) is 5.91 Å². The molecule has 1 atom stereocenters. The first kappa shape index (κ1) is 19.0. The van der Waals surface area contributed by atoms with Gasteiger partial charge in [0.15, 0.2) is 0 Å². The van der Waals surface area contributed by atoms with Crippen LogP contribution in [-0.4, -0.2) is 25.0 Å². The Bertz CT molecular complexity index is 784. The molecule has 3 rings (SSSR count). The molecule has 1 aliphatic rings. The molecule has 2 amide bonds. The molecule has 1 heterocycles. The van der Waals surface area contributed by atoms with Gasteiger partial charge in [-0.25, -0.2) is 0 Å². The highest BCUT2D eigenvalue weighted by atomic mass is 16.5. The fourth-order valence-corrected chi connectivity index (χ4v) is 3.25. The lowest BCUT2D eigenvalue weighted by atomic mass is 10.1. The Hall–Kier alpha value is -2.82. The van der Waals surface area contributed by atoms with Crippen LogP contribution in [0.4, 0.5) is 5.69 Å². The summed E-state index contributed by atoms with van der Waals surface area (Å²) < 4.78 is 5.44. The lowest BCUT2D eigenvalue weighted by molar-refractivity contribution is -0.119. The molecule has 0 radical (unpaired) electrons. The van der Waals surface area contributed by atoms with Gasteiger partial charge >= 0.3 is 0 Å². The van der Waals surface area contributed by atoms with Crippen molar-refractivity contribution >= 4 is 17.5 Å². The number of hydrogen-bond acceptors (Lipinski definition) is 3. The number of carbonyl (C=O) groups is 2. The van der Waals surface area contributed by atoms with Crippen LogP contribution in [-0.2, 0) is 4.79 Å². The van der Waals surface area contributed by atoms with E-state index >= 15 is 0 Å². The topological polar surface area (TPSA) is 58.6 Å². The zero-order valence-corrected chi connectivity index (χ0v) is 15.9. The number of hydrogen-bond donors (Lipinski definition) is 1. The van der Waals surface area contributed by atoms with Gasteiger partial charge in [0, 0.05) is 24.2 Å². The summed E-state index contributed by atoms with van der Waals surface area (Å²) in [6.45, 7) is 5.28. The third-order valence-corrected chi connectivity index (χ3v) is 4.80. The van der Waals surface area contributed by atoms with Crippen molar-refractivity contribution in [3.8, 4) is 5.75 Å². The van der Waals surface area contributed by atoms with Crippen LogP contribution >= 0.6 is 0 Å². The van der Waals surface area contributed by atoms with Crippen LogP contribution in [0.1, 0.15) is 55.1 Å². The number of benzene rings is 2. The average molecular weight is 366 g/mol. The van der Waals surface area contributed by atoms with Crippen molar-refractivity contribution in [2.45, 2.75) is 39.2 Å². The van der Waals surface area contributed by atoms with Gasteiger partial charge in [-0.3, -0.25) is 9.59 Å². The van der Waals surface area contributed by atoms with Crippen molar-refractivity contribution in [2.75, 3.05) is 18.1 Å². The molecule has 1 fully saturated rings. The minimum absolute atomic E-state index is 0.114. The largest absolute Gasteiger partial charge is 0.494 e. The van der Waals surface area contributed by atoms with Crippen LogP contribution in [0.3, 0.4) is 0 Å². The fourth-order valence-electron chi connectivity index (χ4n) is 3.25. The second-order valence-corrected chi connectivity index (χ2v) is 6.75. The van der Waals surface area contributed by atoms with Gasteiger partial charge in [0.1, 0.15) is 5.75 Å². The van der Waals surface area contributed by atoms with Gasteiger partial charge in [-0.1, -0.05) is 12.1 Å². The lowest BCUT2D eigenvalue weighted by Crippen LogP contribution is -2.35. The van der Waals surface area contributed by atoms with E-state index in [0.29, 0.717) is 18.6 Å². The number of rotatable bonds is 6. The Morgan fingerprint density at radius 2 is 1.81 bits per heavy atom. The molecule has 27 heavy (non-hydrogen) atoms. The second-order valence-electron chi connectivity index (χ2n) is 6.75. The molecule has 5 nitrogen and oxygen atoms in total. The first-order chi connectivity index (χ1) is 13.1. The Kier molecular flexibility index (Phi) is 6.12. The summed E-state index contributed by atoms with van der Waals surface area (Å²) in [6, 6.07) is 14.9. The van der Waals surface area contributed by atoms with Crippen molar-refractivity contribution in [3.05, 3.63) is 59.7 Å². The molecule has 0 saturated carbocycles. The maximum Gasteiger partial charge on any atom is 0.251 e. The van der Waals surface area contributed by atoms with Crippen LogP contribution < -0.4 is 15.0 Å². The van der Waals surface area contributed by atoms with E-state index in [4.69, 9.17) is 4.74 Å². The molecule has 0 aromatic heterocycles. The summed E-state index contributed by atoms with van der Waals surface area (Å²) >= 11 is 0.